The van der Waals surface area contributed by atoms with E-state index in [2.05, 4.69) is 76.8 Å². The number of hydrogen-bond donors (Lipinski definition) is 0. The highest BCUT2D eigenvalue weighted by Gasteiger charge is 2.06. The Morgan fingerprint density at radius 3 is 2.28 bits per heavy atom. The Morgan fingerprint density at radius 1 is 1.17 bits per heavy atom. The summed E-state index contributed by atoms with van der Waals surface area (Å²) in [6.45, 7) is 11.2. The number of allylic oxidation sites excluding steroid dienone is 1. The predicted molar refractivity (Wildman–Crippen MR) is 80.7 cm³/mol. The van der Waals surface area contributed by atoms with Crippen LogP contribution in [0.1, 0.15) is 46.6 Å². The Bertz CT molecular complexity index is 409. The maximum Gasteiger partial charge on any atom is -0.0127 e. The molecule has 0 aliphatic carbocycles. The molecule has 0 unspecified atom stereocenters. The molecule has 98 valence electrons. The van der Waals surface area contributed by atoms with E-state index in [0.29, 0.717) is 5.92 Å². The van der Waals surface area contributed by atoms with E-state index in [1.165, 1.54) is 11.1 Å². The minimum absolute atomic E-state index is 0.215. The van der Waals surface area contributed by atoms with E-state index >= 15 is 0 Å². The topological polar surface area (TPSA) is 0 Å². The average molecular weight is 242 g/mol. The van der Waals surface area contributed by atoms with E-state index in [1.54, 1.807) is 0 Å². The van der Waals surface area contributed by atoms with Gasteiger partial charge in [0.1, 0.15) is 0 Å². The van der Waals surface area contributed by atoms with Gasteiger partial charge in [-0.25, -0.2) is 0 Å². The summed E-state index contributed by atoms with van der Waals surface area (Å²) in [5, 5.41) is 0. The fraction of sp³-hybridized carbons (Fsp3) is 0.500. The maximum absolute atomic E-state index is 3.52. The van der Waals surface area contributed by atoms with E-state index in [9.17, 15) is 0 Å². The largest absolute Gasteiger partial charge is 0.125 e. The van der Waals surface area contributed by atoms with Gasteiger partial charge in [-0.05, 0) is 41.4 Å². The third-order valence-electron chi connectivity index (χ3n) is 2.91. The molecule has 0 aliphatic heterocycles. The second-order valence-electron chi connectivity index (χ2n) is 6.32. The molecule has 0 atom stereocenters. The lowest BCUT2D eigenvalue weighted by atomic mass is 9.93. The summed E-state index contributed by atoms with van der Waals surface area (Å²) in [6.07, 6.45) is 4.42. The molecule has 1 rings (SSSR count). The molecule has 0 N–H and O–H groups in total. The van der Waals surface area contributed by atoms with Crippen molar-refractivity contribution in [3.8, 4) is 0 Å². The number of rotatable bonds is 4. The van der Waals surface area contributed by atoms with Gasteiger partial charge in [-0.15, -0.1) is 5.73 Å². The Labute approximate surface area is 112 Å². The molecule has 0 aromatic heterocycles. The molecule has 0 amide bonds. The van der Waals surface area contributed by atoms with Gasteiger partial charge in [-0.3, -0.25) is 0 Å². The molecule has 0 saturated heterocycles. The molecule has 18 heavy (non-hydrogen) atoms. The van der Waals surface area contributed by atoms with Crippen molar-refractivity contribution < 1.29 is 0 Å². The smallest absolute Gasteiger partial charge is 0.0127 e. The van der Waals surface area contributed by atoms with Crippen molar-refractivity contribution in [2.75, 3.05) is 0 Å². The summed E-state index contributed by atoms with van der Waals surface area (Å²) < 4.78 is 0. The molecular weight excluding hydrogens is 216 g/mol. The highest BCUT2D eigenvalue weighted by atomic mass is 14.1. The summed E-state index contributed by atoms with van der Waals surface area (Å²) in [5.41, 5.74) is 6.57. The zero-order valence-corrected chi connectivity index (χ0v) is 12.5. The van der Waals surface area contributed by atoms with Crippen LogP contribution in [0.2, 0.25) is 0 Å². The maximum atomic E-state index is 3.52. The van der Waals surface area contributed by atoms with Crippen LogP contribution in [0, 0.1) is 11.3 Å². The van der Waals surface area contributed by atoms with Gasteiger partial charge < -0.3 is 0 Å². The molecule has 0 heteroatoms. The molecule has 0 fully saturated rings. The Morgan fingerprint density at radius 2 is 1.78 bits per heavy atom. The standard InChI is InChI=1S/C18H26/c1-15(2)17(13-14-18(3,4)5)12-11-16-9-7-6-8-10-16/h6-10,14-15H,11-12H2,1-5H3. The van der Waals surface area contributed by atoms with Crippen LogP contribution in [0.5, 0.6) is 0 Å². The van der Waals surface area contributed by atoms with Crippen LogP contribution in [0.3, 0.4) is 0 Å². The van der Waals surface area contributed by atoms with Crippen LogP contribution >= 0.6 is 0 Å². The monoisotopic (exact) mass is 242 g/mol. The number of hydrogen-bond acceptors (Lipinski definition) is 0. The van der Waals surface area contributed by atoms with Crippen LogP contribution < -0.4 is 0 Å². The van der Waals surface area contributed by atoms with Gasteiger partial charge in [-0.2, -0.15) is 0 Å². The van der Waals surface area contributed by atoms with Crippen LogP contribution in [0.15, 0.2) is 47.7 Å². The van der Waals surface area contributed by atoms with E-state index in [1.807, 2.05) is 0 Å². The summed E-state index contributed by atoms with van der Waals surface area (Å²) in [4.78, 5) is 0. The molecule has 1 aromatic rings. The summed E-state index contributed by atoms with van der Waals surface area (Å²) in [7, 11) is 0. The summed E-state index contributed by atoms with van der Waals surface area (Å²) >= 11 is 0. The predicted octanol–water partition coefficient (Wildman–Crippen LogP) is 5.40. The molecular formula is C18H26. The molecule has 0 radical (unpaired) electrons. The normalized spacial score (nSPS) is 11.2. The lowest BCUT2D eigenvalue weighted by Gasteiger charge is -2.12. The van der Waals surface area contributed by atoms with Crippen molar-refractivity contribution in [2.45, 2.75) is 47.5 Å². The van der Waals surface area contributed by atoms with E-state index < -0.39 is 0 Å². The third kappa shape index (κ3) is 5.89. The Kier molecular flexibility index (Phi) is 5.44. The van der Waals surface area contributed by atoms with Crippen molar-refractivity contribution >= 4 is 0 Å². The SMILES string of the molecule is CC(C)C(=C=CC(C)(C)C)CCc1ccccc1. The van der Waals surface area contributed by atoms with Gasteiger partial charge >= 0.3 is 0 Å². The van der Waals surface area contributed by atoms with Gasteiger partial charge in [0.15, 0.2) is 0 Å². The van der Waals surface area contributed by atoms with E-state index in [-0.39, 0.29) is 5.41 Å². The first-order valence-corrected chi connectivity index (χ1v) is 6.89. The zero-order valence-electron chi connectivity index (χ0n) is 12.5. The van der Waals surface area contributed by atoms with Gasteiger partial charge in [0, 0.05) is 0 Å². The summed E-state index contributed by atoms with van der Waals surface area (Å²) in [5.74, 6) is 0.576. The van der Waals surface area contributed by atoms with Crippen molar-refractivity contribution in [3.63, 3.8) is 0 Å². The van der Waals surface area contributed by atoms with E-state index in [4.69, 9.17) is 0 Å². The molecule has 0 spiro atoms. The van der Waals surface area contributed by atoms with Gasteiger partial charge in [0.25, 0.3) is 0 Å². The van der Waals surface area contributed by atoms with Crippen molar-refractivity contribution in [2.24, 2.45) is 11.3 Å². The lowest BCUT2D eigenvalue weighted by Crippen LogP contribution is -2.00. The minimum Gasteiger partial charge on any atom is -0.125 e. The van der Waals surface area contributed by atoms with Crippen LogP contribution in [-0.2, 0) is 6.42 Å². The fourth-order valence-corrected chi connectivity index (χ4v) is 1.76. The van der Waals surface area contributed by atoms with Gasteiger partial charge in [-0.1, -0.05) is 65.0 Å². The van der Waals surface area contributed by atoms with Crippen molar-refractivity contribution in [3.05, 3.63) is 53.3 Å². The Balaban J connectivity index is 2.74. The average Bonchev–Trinajstić information content (AvgIpc) is 2.28. The fourth-order valence-electron chi connectivity index (χ4n) is 1.76. The highest BCUT2D eigenvalue weighted by Crippen LogP contribution is 2.19. The second kappa shape index (κ2) is 6.61. The van der Waals surface area contributed by atoms with Crippen molar-refractivity contribution in [1.29, 1.82) is 0 Å². The van der Waals surface area contributed by atoms with Crippen molar-refractivity contribution in [1.82, 2.24) is 0 Å². The molecule has 0 heterocycles. The molecule has 1 aromatic carbocycles. The number of benzene rings is 1. The molecule has 0 bridgehead atoms. The summed E-state index contributed by atoms with van der Waals surface area (Å²) in [6, 6.07) is 10.7. The van der Waals surface area contributed by atoms with Crippen LogP contribution in [-0.4, -0.2) is 0 Å². The first-order valence-electron chi connectivity index (χ1n) is 6.89. The second-order valence-corrected chi connectivity index (χ2v) is 6.32. The minimum atomic E-state index is 0.215. The zero-order chi connectivity index (χ0) is 13.6. The van der Waals surface area contributed by atoms with Gasteiger partial charge in [0.2, 0.25) is 0 Å². The lowest BCUT2D eigenvalue weighted by molar-refractivity contribution is 0.544. The van der Waals surface area contributed by atoms with E-state index in [0.717, 1.165) is 12.8 Å². The first kappa shape index (κ1) is 14.8. The van der Waals surface area contributed by atoms with Gasteiger partial charge in [0.05, 0.1) is 0 Å². The third-order valence-corrected chi connectivity index (χ3v) is 2.91. The molecule has 0 nitrogen and oxygen atoms in total. The highest BCUT2D eigenvalue weighted by molar-refractivity contribution is 5.17. The Hall–Kier alpha value is -1.26. The first-order chi connectivity index (χ1) is 8.38. The van der Waals surface area contributed by atoms with Crippen LogP contribution in [0.25, 0.3) is 0 Å². The number of aryl methyl sites for hydroxylation is 1. The molecule has 0 saturated carbocycles. The molecule has 0 aliphatic rings. The van der Waals surface area contributed by atoms with Crippen LogP contribution in [0.4, 0.5) is 0 Å². The quantitative estimate of drug-likeness (QED) is 0.620.